The van der Waals surface area contributed by atoms with Gasteiger partial charge in [0, 0.05) is 19.0 Å². The van der Waals surface area contributed by atoms with Crippen LogP contribution >= 0.6 is 0 Å². The Morgan fingerprint density at radius 2 is 1.93 bits per heavy atom. The van der Waals surface area contributed by atoms with E-state index >= 15 is 0 Å². The van der Waals surface area contributed by atoms with E-state index in [1.54, 1.807) is 0 Å². The van der Waals surface area contributed by atoms with E-state index in [1.807, 2.05) is 29.2 Å². The van der Waals surface area contributed by atoms with Gasteiger partial charge in [-0.2, -0.15) is 0 Å². The van der Waals surface area contributed by atoms with E-state index in [0.29, 0.717) is 5.92 Å². The smallest absolute Gasteiger partial charge is 0.307 e. The summed E-state index contributed by atoms with van der Waals surface area (Å²) in [5.41, 5.74) is 1.55. The van der Waals surface area contributed by atoms with Gasteiger partial charge in [0.15, 0.2) is 0 Å². The third-order valence-corrected chi connectivity index (χ3v) is 6.67. The minimum Gasteiger partial charge on any atom is -0.458 e. The van der Waals surface area contributed by atoms with Gasteiger partial charge in [-0.25, -0.2) is 4.98 Å². The van der Waals surface area contributed by atoms with Gasteiger partial charge < -0.3 is 14.6 Å². The molecule has 1 N–H and O–H groups in total. The number of piperidine rings is 1. The van der Waals surface area contributed by atoms with Gasteiger partial charge in [-0.15, -0.1) is 0 Å². The summed E-state index contributed by atoms with van der Waals surface area (Å²) in [6, 6.07) is 8.07. The van der Waals surface area contributed by atoms with E-state index in [9.17, 15) is 9.59 Å². The number of amides is 1. The van der Waals surface area contributed by atoms with Crippen molar-refractivity contribution >= 4 is 22.9 Å². The van der Waals surface area contributed by atoms with Gasteiger partial charge in [-0.05, 0) is 50.7 Å². The fourth-order valence-corrected chi connectivity index (χ4v) is 5.19. The summed E-state index contributed by atoms with van der Waals surface area (Å²) < 4.78 is 5.66. The summed E-state index contributed by atoms with van der Waals surface area (Å²) in [5.74, 6) is 1.01. The SMILES string of the molecule is O=C1CC(C(=O)N2CCC(c3nc4ccccc4[nH]3)CC2)C2(CCCC2)O1. The second-order valence-corrected chi connectivity index (χ2v) is 8.24. The lowest BCUT2D eigenvalue weighted by molar-refractivity contribution is -0.152. The van der Waals surface area contributed by atoms with E-state index < -0.39 is 5.60 Å². The zero-order valence-electron chi connectivity index (χ0n) is 15.4. The number of hydrogen-bond donors (Lipinski definition) is 1. The molecule has 27 heavy (non-hydrogen) atoms. The predicted octanol–water partition coefficient (Wildman–Crippen LogP) is 3.14. The van der Waals surface area contributed by atoms with Crippen molar-refractivity contribution in [1.29, 1.82) is 0 Å². The topological polar surface area (TPSA) is 75.3 Å². The number of esters is 1. The van der Waals surface area contributed by atoms with Crippen LogP contribution in [0.2, 0.25) is 0 Å². The molecule has 1 atom stereocenters. The van der Waals surface area contributed by atoms with Gasteiger partial charge in [-0.3, -0.25) is 9.59 Å². The molecule has 0 bridgehead atoms. The number of aromatic amines is 1. The number of aromatic nitrogens is 2. The maximum Gasteiger partial charge on any atom is 0.307 e. The molecule has 1 aromatic heterocycles. The van der Waals surface area contributed by atoms with Crippen molar-refractivity contribution in [2.45, 2.75) is 56.5 Å². The Labute approximate surface area is 158 Å². The molecule has 142 valence electrons. The fraction of sp³-hybridized carbons (Fsp3) is 0.571. The van der Waals surface area contributed by atoms with E-state index in [1.165, 1.54) is 0 Å². The van der Waals surface area contributed by atoms with E-state index in [4.69, 9.17) is 9.72 Å². The molecule has 2 saturated heterocycles. The molecule has 1 aromatic carbocycles. The Morgan fingerprint density at radius 1 is 1.19 bits per heavy atom. The molecule has 5 rings (SSSR count). The van der Waals surface area contributed by atoms with E-state index in [2.05, 4.69) is 4.98 Å². The number of carbonyl (C=O) groups is 2. The van der Waals surface area contributed by atoms with Gasteiger partial charge in [0.05, 0.1) is 23.4 Å². The zero-order chi connectivity index (χ0) is 18.4. The maximum absolute atomic E-state index is 13.2. The normalized spacial score (nSPS) is 25.4. The van der Waals surface area contributed by atoms with Crippen molar-refractivity contribution in [3.63, 3.8) is 0 Å². The molecular weight excluding hydrogens is 342 g/mol. The Kier molecular flexibility index (Phi) is 3.95. The number of H-pyrrole nitrogens is 1. The van der Waals surface area contributed by atoms with Crippen LogP contribution in [-0.4, -0.2) is 45.4 Å². The number of fused-ring (bicyclic) bond motifs is 1. The molecule has 0 radical (unpaired) electrons. The first-order chi connectivity index (χ1) is 13.1. The lowest BCUT2D eigenvalue weighted by Gasteiger charge is -2.36. The Morgan fingerprint density at radius 3 is 2.67 bits per heavy atom. The number of para-hydroxylation sites is 2. The standard InChI is InChI=1S/C21H25N3O3/c25-18-13-15(21(27-18)9-3-4-10-21)20(26)24-11-7-14(8-12-24)19-22-16-5-1-2-6-17(16)23-19/h1-2,5-6,14-15H,3-4,7-13H2,(H,22,23). The van der Waals surface area contributed by atoms with Crippen LogP contribution in [0.25, 0.3) is 11.0 Å². The summed E-state index contributed by atoms with van der Waals surface area (Å²) in [4.78, 5) is 35.2. The van der Waals surface area contributed by atoms with Crippen LogP contribution in [-0.2, 0) is 14.3 Å². The Hall–Kier alpha value is -2.37. The van der Waals surface area contributed by atoms with Gasteiger partial charge in [0.1, 0.15) is 11.4 Å². The molecule has 1 unspecified atom stereocenters. The average Bonchev–Trinajstić information content (AvgIpc) is 3.40. The third kappa shape index (κ3) is 2.82. The van der Waals surface area contributed by atoms with Crippen molar-refractivity contribution in [3.05, 3.63) is 30.1 Å². The highest BCUT2D eigenvalue weighted by Gasteiger charge is 2.55. The second-order valence-electron chi connectivity index (χ2n) is 8.24. The average molecular weight is 367 g/mol. The maximum atomic E-state index is 13.2. The highest BCUT2D eigenvalue weighted by atomic mass is 16.6. The summed E-state index contributed by atoms with van der Waals surface area (Å²) in [5, 5.41) is 0. The first kappa shape index (κ1) is 16.8. The Balaban J connectivity index is 1.27. The molecular formula is C21H25N3O3. The first-order valence-electron chi connectivity index (χ1n) is 10.1. The van der Waals surface area contributed by atoms with Crippen LogP contribution < -0.4 is 0 Å². The van der Waals surface area contributed by atoms with Gasteiger partial charge in [0.25, 0.3) is 0 Å². The molecule has 3 heterocycles. The van der Waals surface area contributed by atoms with Crippen LogP contribution in [0, 0.1) is 5.92 Å². The van der Waals surface area contributed by atoms with Crippen molar-refractivity contribution < 1.29 is 14.3 Å². The van der Waals surface area contributed by atoms with Crippen LogP contribution in [0.1, 0.15) is 56.7 Å². The number of carbonyl (C=O) groups excluding carboxylic acids is 2. The molecule has 3 fully saturated rings. The Bertz CT molecular complexity index is 843. The van der Waals surface area contributed by atoms with Gasteiger partial charge in [-0.1, -0.05) is 12.1 Å². The number of imidazole rings is 1. The van der Waals surface area contributed by atoms with Crippen molar-refractivity contribution in [3.8, 4) is 0 Å². The number of ether oxygens (including phenoxy) is 1. The minimum atomic E-state index is -0.510. The zero-order valence-corrected chi connectivity index (χ0v) is 15.4. The largest absolute Gasteiger partial charge is 0.458 e. The molecule has 6 nitrogen and oxygen atoms in total. The van der Waals surface area contributed by atoms with Crippen molar-refractivity contribution in [1.82, 2.24) is 14.9 Å². The molecule has 6 heteroatoms. The molecule has 2 aromatic rings. The van der Waals surface area contributed by atoms with Crippen LogP contribution in [0.5, 0.6) is 0 Å². The fourth-order valence-electron chi connectivity index (χ4n) is 5.19. The number of hydrogen-bond acceptors (Lipinski definition) is 4. The van der Waals surface area contributed by atoms with Crippen LogP contribution in [0.4, 0.5) is 0 Å². The minimum absolute atomic E-state index is 0.116. The summed E-state index contributed by atoms with van der Waals surface area (Å²) in [7, 11) is 0. The predicted molar refractivity (Wildman–Crippen MR) is 100 cm³/mol. The molecule has 3 aliphatic rings. The summed E-state index contributed by atoms with van der Waals surface area (Å²) in [6.45, 7) is 1.45. The van der Waals surface area contributed by atoms with Gasteiger partial charge >= 0.3 is 5.97 Å². The third-order valence-electron chi connectivity index (χ3n) is 6.67. The summed E-state index contributed by atoms with van der Waals surface area (Å²) in [6.07, 6.45) is 5.83. The van der Waals surface area contributed by atoms with E-state index in [0.717, 1.165) is 68.5 Å². The molecule has 1 saturated carbocycles. The van der Waals surface area contributed by atoms with Gasteiger partial charge in [0.2, 0.25) is 5.91 Å². The van der Waals surface area contributed by atoms with E-state index in [-0.39, 0.29) is 24.2 Å². The highest BCUT2D eigenvalue weighted by molar-refractivity contribution is 5.88. The first-order valence-corrected chi connectivity index (χ1v) is 10.1. The van der Waals surface area contributed by atoms with Crippen LogP contribution in [0.3, 0.4) is 0 Å². The number of rotatable bonds is 2. The molecule has 1 aliphatic carbocycles. The number of nitrogens with one attached hydrogen (secondary N) is 1. The lowest BCUT2D eigenvalue weighted by Crippen LogP contribution is -2.47. The monoisotopic (exact) mass is 367 g/mol. The van der Waals surface area contributed by atoms with Crippen molar-refractivity contribution in [2.75, 3.05) is 13.1 Å². The second kappa shape index (κ2) is 6.36. The quantitative estimate of drug-likeness (QED) is 0.828. The van der Waals surface area contributed by atoms with Crippen molar-refractivity contribution in [2.24, 2.45) is 5.92 Å². The highest BCUT2D eigenvalue weighted by Crippen LogP contribution is 2.46. The number of benzene rings is 1. The molecule has 1 amide bonds. The number of likely N-dealkylation sites (tertiary alicyclic amines) is 1. The molecule has 1 spiro atoms. The summed E-state index contributed by atoms with van der Waals surface area (Å²) >= 11 is 0. The number of nitrogens with zero attached hydrogens (tertiary/aromatic N) is 2. The lowest BCUT2D eigenvalue weighted by atomic mass is 9.84. The molecule has 2 aliphatic heterocycles. The van der Waals surface area contributed by atoms with Crippen LogP contribution in [0.15, 0.2) is 24.3 Å².